The molecule has 5 heteroatoms. The van der Waals surface area contributed by atoms with E-state index in [2.05, 4.69) is 46.9 Å². The average molecular weight is 383 g/mol. The summed E-state index contributed by atoms with van der Waals surface area (Å²) in [5.41, 5.74) is -0.147. The third kappa shape index (κ3) is 4.37. The molecule has 0 amide bonds. The summed E-state index contributed by atoms with van der Waals surface area (Å²) in [5, 5.41) is 0.219. The minimum absolute atomic E-state index is 0.109. The van der Waals surface area contributed by atoms with Crippen LogP contribution in [0.5, 0.6) is 0 Å². The Hall–Kier alpha value is -0.363. The number of ether oxygens (including phenoxy) is 3. The van der Waals surface area contributed by atoms with Crippen LogP contribution in [-0.4, -0.2) is 45.4 Å². The molecule has 0 aromatic heterocycles. The first-order chi connectivity index (χ1) is 12.1. The molecule has 3 heterocycles. The van der Waals surface area contributed by atoms with E-state index in [1.807, 2.05) is 0 Å². The Kier molecular flexibility index (Phi) is 5.93. The second-order valence-corrected chi connectivity index (χ2v) is 14.7. The summed E-state index contributed by atoms with van der Waals surface area (Å²) in [7, 11) is -1.80. The first-order valence-corrected chi connectivity index (χ1v) is 13.3. The van der Waals surface area contributed by atoms with E-state index in [0.29, 0.717) is 0 Å². The molecule has 2 saturated heterocycles. The SMILES string of the molecule is CC(C)(C)[Si](C)(C)O[C@H]1CCCO[C@H]1CC1=CC[C@@]2(C)OCCC[C@@H]2O1. The van der Waals surface area contributed by atoms with Crippen LogP contribution < -0.4 is 0 Å². The van der Waals surface area contributed by atoms with E-state index in [1.165, 1.54) is 0 Å². The Labute approximate surface area is 160 Å². The maximum atomic E-state index is 6.73. The Balaban J connectivity index is 1.65. The molecule has 0 aliphatic carbocycles. The number of hydrogen-bond donors (Lipinski definition) is 0. The molecule has 2 fully saturated rings. The largest absolute Gasteiger partial charge is 0.492 e. The van der Waals surface area contributed by atoms with Gasteiger partial charge in [-0.25, -0.2) is 0 Å². The van der Waals surface area contributed by atoms with E-state index in [4.69, 9.17) is 18.6 Å². The van der Waals surface area contributed by atoms with Gasteiger partial charge in [0.15, 0.2) is 8.32 Å². The normalized spacial score (nSPS) is 36.1. The maximum Gasteiger partial charge on any atom is 0.192 e. The predicted molar refractivity (Wildman–Crippen MR) is 107 cm³/mol. The predicted octanol–water partition coefficient (Wildman–Crippen LogP) is 5.19. The van der Waals surface area contributed by atoms with Crippen molar-refractivity contribution in [2.24, 2.45) is 0 Å². The average Bonchev–Trinajstić information content (AvgIpc) is 2.55. The van der Waals surface area contributed by atoms with E-state index in [-0.39, 0.29) is 29.0 Å². The highest BCUT2D eigenvalue weighted by molar-refractivity contribution is 6.74. The molecule has 0 aromatic rings. The lowest BCUT2D eigenvalue weighted by atomic mass is 9.86. The molecule has 4 nitrogen and oxygen atoms in total. The molecule has 0 aromatic carbocycles. The van der Waals surface area contributed by atoms with Crippen LogP contribution >= 0.6 is 0 Å². The number of hydrogen-bond acceptors (Lipinski definition) is 4. The third-order valence-corrected chi connectivity index (χ3v) is 11.3. The van der Waals surface area contributed by atoms with Gasteiger partial charge in [0.1, 0.15) is 11.7 Å². The third-order valence-electron chi connectivity index (χ3n) is 6.79. The summed E-state index contributed by atoms with van der Waals surface area (Å²) in [4.78, 5) is 0. The zero-order chi connectivity index (χ0) is 19.0. The molecule has 0 saturated carbocycles. The monoisotopic (exact) mass is 382 g/mol. The Bertz CT molecular complexity index is 525. The fourth-order valence-electron chi connectivity index (χ4n) is 3.92. The summed E-state index contributed by atoms with van der Waals surface area (Å²) in [6.07, 6.45) is 8.82. The highest BCUT2D eigenvalue weighted by atomic mass is 28.4. The number of rotatable bonds is 4. The molecule has 0 radical (unpaired) electrons. The first kappa shape index (κ1) is 20.4. The van der Waals surface area contributed by atoms with E-state index >= 15 is 0 Å². The summed E-state index contributed by atoms with van der Waals surface area (Å²) >= 11 is 0. The fraction of sp³-hybridized carbons (Fsp3) is 0.905. The van der Waals surface area contributed by atoms with Crippen LogP contribution in [0.1, 0.15) is 66.2 Å². The molecule has 3 aliphatic rings. The van der Waals surface area contributed by atoms with E-state index in [0.717, 1.165) is 57.5 Å². The highest BCUT2D eigenvalue weighted by Crippen LogP contribution is 2.41. The lowest BCUT2D eigenvalue weighted by Crippen LogP contribution is -2.50. The van der Waals surface area contributed by atoms with Gasteiger partial charge in [0.05, 0.1) is 18.0 Å². The van der Waals surface area contributed by atoms with Gasteiger partial charge in [0.2, 0.25) is 0 Å². The zero-order valence-electron chi connectivity index (χ0n) is 17.6. The van der Waals surface area contributed by atoms with Gasteiger partial charge in [-0.15, -0.1) is 0 Å². The molecule has 4 atom stereocenters. The smallest absolute Gasteiger partial charge is 0.192 e. The van der Waals surface area contributed by atoms with Gasteiger partial charge in [-0.1, -0.05) is 20.8 Å². The summed E-state index contributed by atoms with van der Waals surface area (Å²) in [6, 6.07) is 0. The van der Waals surface area contributed by atoms with Crippen molar-refractivity contribution in [3.8, 4) is 0 Å². The van der Waals surface area contributed by atoms with Crippen LogP contribution in [0.25, 0.3) is 0 Å². The van der Waals surface area contributed by atoms with Gasteiger partial charge in [0.25, 0.3) is 0 Å². The van der Waals surface area contributed by atoms with Crippen molar-refractivity contribution in [2.75, 3.05) is 13.2 Å². The van der Waals surface area contributed by atoms with Gasteiger partial charge in [-0.3, -0.25) is 0 Å². The number of fused-ring (bicyclic) bond motifs is 1. The van der Waals surface area contributed by atoms with E-state index < -0.39 is 8.32 Å². The molecular formula is C21H38O4Si. The van der Waals surface area contributed by atoms with Gasteiger partial charge < -0.3 is 18.6 Å². The van der Waals surface area contributed by atoms with Crippen LogP contribution in [0.2, 0.25) is 18.1 Å². The molecule has 0 N–H and O–H groups in total. The minimum atomic E-state index is -1.80. The van der Waals surface area contributed by atoms with Gasteiger partial charge in [-0.05, 0) is 56.8 Å². The summed E-state index contributed by atoms with van der Waals surface area (Å²) < 4.78 is 25.3. The van der Waals surface area contributed by atoms with Gasteiger partial charge in [-0.2, -0.15) is 0 Å². The van der Waals surface area contributed by atoms with Gasteiger partial charge >= 0.3 is 0 Å². The first-order valence-electron chi connectivity index (χ1n) is 10.4. The van der Waals surface area contributed by atoms with Crippen LogP contribution in [-0.2, 0) is 18.6 Å². The molecular weight excluding hydrogens is 344 g/mol. The van der Waals surface area contributed by atoms with Crippen molar-refractivity contribution in [1.29, 1.82) is 0 Å². The van der Waals surface area contributed by atoms with E-state index in [1.54, 1.807) is 0 Å². The Morgan fingerprint density at radius 1 is 1.19 bits per heavy atom. The molecule has 26 heavy (non-hydrogen) atoms. The molecule has 3 aliphatic heterocycles. The second kappa shape index (κ2) is 7.57. The van der Waals surface area contributed by atoms with Crippen molar-refractivity contribution in [3.05, 3.63) is 11.8 Å². The fourth-order valence-corrected chi connectivity index (χ4v) is 5.30. The lowest BCUT2D eigenvalue weighted by Gasteiger charge is -2.45. The molecule has 0 unspecified atom stereocenters. The minimum Gasteiger partial charge on any atom is -0.492 e. The van der Waals surface area contributed by atoms with Crippen molar-refractivity contribution in [2.45, 2.75) is 108 Å². The Morgan fingerprint density at radius 3 is 2.65 bits per heavy atom. The van der Waals surface area contributed by atoms with Crippen LogP contribution in [0, 0.1) is 0 Å². The second-order valence-electron chi connectivity index (χ2n) is 9.96. The molecule has 3 rings (SSSR count). The quantitative estimate of drug-likeness (QED) is 0.627. The topological polar surface area (TPSA) is 36.9 Å². The summed E-state index contributed by atoms with van der Waals surface area (Å²) in [6.45, 7) is 15.4. The zero-order valence-corrected chi connectivity index (χ0v) is 18.6. The van der Waals surface area contributed by atoms with Crippen LogP contribution in [0.4, 0.5) is 0 Å². The van der Waals surface area contributed by atoms with E-state index in [9.17, 15) is 0 Å². The summed E-state index contributed by atoms with van der Waals surface area (Å²) in [5.74, 6) is 1.08. The van der Waals surface area contributed by atoms with Crippen molar-refractivity contribution in [1.82, 2.24) is 0 Å². The maximum absolute atomic E-state index is 6.73. The van der Waals surface area contributed by atoms with Crippen molar-refractivity contribution >= 4 is 8.32 Å². The Morgan fingerprint density at radius 2 is 1.92 bits per heavy atom. The molecule has 0 spiro atoms. The van der Waals surface area contributed by atoms with Crippen LogP contribution in [0.15, 0.2) is 11.8 Å². The molecule has 150 valence electrons. The van der Waals surface area contributed by atoms with Gasteiger partial charge in [0, 0.05) is 26.1 Å². The lowest BCUT2D eigenvalue weighted by molar-refractivity contribution is -0.163. The standard InChI is InChI=1S/C21H38O4Si/c1-20(2,3)26(5,6)25-17-9-7-13-22-18(17)15-16-11-12-21(4)19(24-16)10-8-14-23-21/h11,17-19H,7-10,12-15H2,1-6H3/t17-,18-,19-,21+/m0/s1. The van der Waals surface area contributed by atoms with Crippen LogP contribution in [0.3, 0.4) is 0 Å². The van der Waals surface area contributed by atoms with Crippen molar-refractivity contribution in [3.63, 3.8) is 0 Å². The molecule has 0 bridgehead atoms. The van der Waals surface area contributed by atoms with Crippen molar-refractivity contribution < 1.29 is 18.6 Å². The highest BCUT2D eigenvalue weighted by Gasteiger charge is 2.44.